The third-order valence-corrected chi connectivity index (χ3v) is 7.02. The van der Waals surface area contributed by atoms with Crippen LogP contribution in [0, 0.1) is 5.92 Å². The van der Waals surface area contributed by atoms with Gasteiger partial charge in [-0.15, -0.1) is 0 Å². The first-order chi connectivity index (χ1) is 17.5. The van der Waals surface area contributed by atoms with Gasteiger partial charge in [0.25, 0.3) is 0 Å². The van der Waals surface area contributed by atoms with Crippen LogP contribution in [0.4, 0.5) is 0 Å². The van der Waals surface area contributed by atoms with Crippen molar-refractivity contribution in [2.75, 3.05) is 34.2 Å². The smallest absolute Gasteiger partial charge is 0.315 e. The third-order valence-electron chi connectivity index (χ3n) is 7.02. The fourth-order valence-corrected chi connectivity index (χ4v) is 5.26. The molecule has 36 heavy (non-hydrogen) atoms. The van der Waals surface area contributed by atoms with Crippen molar-refractivity contribution < 1.29 is 33.3 Å². The lowest BCUT2D eigenvalue weighted by molar-refractivity contribution is -0.147. The van der Waals surface area contributed by atoms with Gasteiger partial charge in [0.15, 0.2) is 17.3 Å². The predicted octanol–water partition coefficient (Wildman–Crippen LogP) is 4.19. The summed E-state index contributed by atoms with van der Waals surface area (Å²) in [7, 11) is 3.18. The molecule has 5 rings (SSSR count). The van der Waals surface area contributed by atoms with Gasteiger partial charge in [-0.25, -0.2) is 0 Å². The normalized spacial score (nSPS) is 22.7. The molecular weight excluding hydrogens is 462 g/mol. The molecule has 188 valence electrons. The van der Waals surface area contributed by atoms with Crippen LogP contribution in [0.15, 0.2) is 58.7 Å². The lowest BCUT2D eigenvalue weighted by Gasteiger charge is -2.36. The molecule has 1 aliphatic carbocycles. The quantitative estimate of drug-likeness (QED) is 0.424. The van der Waals surface area contributed by atoms with Crippen LogP contribution >= 0.6 is 0 Å². The highest BCUT2D eigenvalue weighted by molar-refractivity contribution is 6.09. The number of benzene rings is 2. The van der Waals surface area contributed by atoms with Gasteiger partial charge < -0.3 is 23.7 Å². The Balaban J connectivity index is 1.53. The number of carbonyl (C=O) groups excluding carboxylic acids is 2. The maximum Gasteiger partial charge on any atom is 0.315 e. The first-order valence-corrected chi connectivity index (χ1v) is 12.0. The largest absolute Gasteiger partial charge is 0.497 e. The standard InChI is InChI=1S/C28H29NO7/c1-16-25(28(31)34-11-10-32-2)26(18-6-9-23-24(14-18)36-15-35-23)27-21(29-16)12-19(13-22(27)30)17-4-7-20(33-3)8-5-17/h4-9,14,19,25-26H,10-13,15H2,1-3H3. The van der Waals surface area contributed by atoms with Crippen LogP contribution in [0.3, 0.4) is 0 Å². The van der Waals surface area contributed by atoms with Crippen LogP contribution in [0.25, 0.3) is 0 Å². The Morgan fingerprint density at radius 2 is 1.75 bits per heavy atom. The highest BCUT2D eigenvalue weighted by atomic mass is 16.7. The molecule has 0 saturated heterocycles. The number of hydrogen-bond acceptors (Lipinski definition) is 8. The Labute approximate surface area is 209 Å². The van der Waals surface area contributed by atoms with Gasteiger partial charge in [-0.05, 0) is 54.7 Å². The molecule has 2 aliphatic heterocycles. The number of esters is 1. The molecule has 0 amide bonds. The molecule has 0 fully saturated rings. The molecule has 0 aromatic heterocycles. The fourth-order valence-electron chi connectivity index (χ4n) is 5.26. The van der Waals surface area contributed by atoms with E-state index in [2.05, 4.69) is 0 Å². The van der Waals surface area contributed by atoms with E-state index in [4.69, 9.17) is 28.7 Å². The Hall–Kier alpha value is -3.65. The number of allylic oxidation sites excluding steroid dienone is 2. The second-order valence-electron chi connectivity index (χ2n) is 9.14. The van der Waals surface area contributed by atoms with Gasteiger partial charge in [0, 0.05) is 36.4 Å². The lowest BCUT2D eigenvalue weighted by atomic mass is 9.69. The number of rotatable bonds is 7. The molecule has 3 unspecified atom stereocenters. The highest BCUT2D eigenvalue weighted by Crippen LogP contribution is 2.48. The van der Waals surface area contributed by atoms with Gasteiger partial charge in [0.2, 0.25) is 6.79 Å². The lowest BCUT2D eigenvalue weighted by Crippen LogP contribution is -2.38. The summed E-state index contributed by atoms with van der Waals surface area (Å²) >= 11 is 0. The minimum absolute atomic E-state index is 0.00122. The average Bonchev–Trinajstić information content (AvgIpc) is 3.36. The molecule has 2 aromatic rings. The van der Waals surface area contributed by atoms with Crippen molar-refractivity contribution in [1.29, 1.82) is 0 Å². The van der Waals surface area contributed by atoms with Gasteiger partial charge in [0.05, 0.1) is 13.7 Å². The van der Waals surface area contributed by atoms with E-state index in [0.29, 0.717) is 42.2 Å². The van der Waals surface area contributed by atoms with Crippen molar-refractivity contribution in [3.63, 3.8) is 0 Å². The molecular formula is C28H29NO7. The molecule has 0 radical (unpaired) electrons. The van der Waals surface area contributed by atoms with Crippen molar-refractivity contribution in [1.82, 2.24) is 0 Å². The number of aliphatic imine (C=N–C) groups is 1. The topological polar surface area (TPSA) is 92.7 Å². The summed E-state index contributed by atoms with van der Waals surface area (Å²) in [6.45, 7) is 2.39. The van der Waals surface area contributed by atoms with E-state index in [1.165, 1.54) is 0 Å². The number of ether oxygens (including phenoxy) is 5. The first kappa shape index (κ1) is 24.1. The van der Waals surface area contributed by atoms with Gasteiger partial charge in [-0.3, -0.25) is 14.6 Å². The number of Topliss-reactive ketones (excluding diaryl/α,β-unsaturated/α-hetero) is 1. The van der Waals surface area contributed by atoms with E-state index in [-0.39, 0.29) is 25.1 Å². The van der Waals surface area contributed by atoms with Crippen molar-refractivity contribution in [3.05, 3.63) is 64.9 Å². The summed E-state index contributed by atoms with van der Waals surface area (Å²) in [4.78, 5) is 31.8. The number of nitrogens with zero attached hydrogens (tertiary/aromatic N) is 1. The monoisotopic (exact) mass is 491 g/mol. The van der Waals surface area contributed by atoms with Gasteiger partial charge in [-0.1, -0.05) is 18.2 Å². The number of fused-ring (bicyclic) bond motifs is 1. The molecule has 0 bridgehead atoms. The molecule has 0 N–H and O–H groups in total. The van der Waals surface area contributed by atoms with Crippen molar-refractivity contribution in [2.24, 2.45) is 10.9 Å². The molecule has 8 nitrogen and oxygen atoms in total. The van der Waals surface area contributed by atoms with E-state index >= 15 is 0 Å². The van der Waals surface area contributed by atoms with E-state index in [9.17, 15) is 9.59 Å². The van der Waals surface area contributed by atoms with Crippen LogP contribution in [0.2, 0.25) is 0 Å². The molecule has 2 aromatic carbocycles. The van der Waals surface area contributed by atoms with Crippen LogP contribution in [0.5, 0.6) is 17.2 Å². The highest BCUT2D eigenvalue weighted by Gasteiger charge is 2.45. The summed E-state index contributed by atoms with van der Waals surface area (Å²) < 4.78 is 26.9. The van der Waals surface area contributed by atoms with E-state index < -0.39 is 17.8 Å². The second-order valence-corrected chi connectivity index (χ2v) is 9.14. The van der Waals surface area contributed by atoms with Gasteiger partial charge in [-0.2, -0.15) is 0 Å². The van der Waals surface area contributed by atoms with Crippen LogP contribution in [-0.4, -0.2) is 51.7 Å². The van der Waals surface area contributed by atoms with Crippen LogP contribution in [-0.2, 0) is 19.1 Å². The molecule has 3 atom stereocenters. The predicted molar refractivity (Wildman–Crippen MR) is 132 cm³/mol. The summed E-state index contributed by atoms with van der Waals surface area (Å²) in [5, 5.41) is 0. The molecule has 0 spiro atoms. The fraction of sp³-hybridized carbons (Fsp3) is 0.393. The first-order valence-electron chi connectivity index (χ1n) is 12.0. The van der Waals surface area contributed by atoms with E-state index in [1.807, 2.05) is 49.4 Å². The summed E-state index contributed by atoms with van der Waals surface area (Å²) in [5.41, 5.74) is 3.79. The van der Waals surface area contributed by atoms with Crippen molar-refractivity contribution >= 4 is 17.5 Å². The molecule has 3 aliphatic rings. The van der Waals surface area contributed by atoms with E-state index in [1.54, 1.807) is 14.2 Å². The molecule has 2 heterocycles. The summed E-state index contributed by atoms with van der Waals surface area (Å²) in [6, 6.07) is 13.4. The minimum atomic E-state index is -0.720. The molecule has 8 heteroatoms. The Kier molecular flexibility index (Phi) is 6.78. The van der Waals surface area contributed by atoms with Crippen molar-refractivity contribution in [3.8, 4) is 17.2 Å². The Morgan fingerprint density at radius 3 is 2.50 bits per heavy atom. The number of carbonyl (C=O) groups is 2. The SMILES string of the molecule is COCCOC(=O)C1C(C)=NC2=C(C(=O)CC(c3ccc(OC)cc3)C2)C1c1ccc2c(c1)OCO2. The second kappa shape index (κ2) is 10.1. The van der Waals surface area contributed by atoms with Crippen LogP contribution in [0.1, 0.15) is 42.7 Å². The number of ketones is 1. The Bertz CT molecular complexity index is 1230. The third kappa shape index (κ3) is 4.48. The van der Waals surface area contributed by atoms with Gasteiger partial charge in [0.1, 0.15) is 18.3 Å². The maximum atomic E-state index is 13.7. The van der Waals surface area contributed by atoms with Gasteiger partial charge >= 0.3 is 5.97 Å². The molecule has 0 saturated carbocycles. The van der Waals surface area contributed by atoms with Crippen molar-refractivity contribution in [2.45, 2.75) is 31.6 Å². The number of hydrogen-bond donors (Lipinski definition) is 0. The summed E-state index contributed by atoms with van der Waals surface area (Å²) in [6.07, 6.45) is 0.948. The maximum absolute atomic E-state index is 13.7. The zero-order chi connectivity index (χ0) is 25.2. The van der Waals surface area contributed by atoms with Crippen LogP contribution < -0.4 is 14.2 Å². The number of methoxy groups -OCH3 is 2. The van der Waals surface area contributed by atoms with E-state index in [0.717, 1.165) is 22.6 Å². The zero-order valence-corrected chi connectivity index (χ0v) is 20.6. The minimum Gasteiger partial charge on any atom is -0.497 e. The average molecular weight is 492 g/mol. The Morgan fingerprint density at radius 1 is 1.00 bits per heavy atom. The summed E-state index contributed by atoms with van der Waals surface area (Å²) in [5.74, 6) is 0.335. The zero-order valence-electron chi connectivity index (χ0n) is 20.6.